The Balaban J connectivity index is 1.61. The number of pyridine rings is 1. The van der Waals surface area contributed by atoms with Gasteiger partial charge in [-0.2, -0.15) is 0 Å². The molecule has 3 aromatic rings. The van der Waals surface area contributed by atoms with Gasteiger partial charge in [0.2, 0.25) is 0 Å². The predicted octanol–water partition coefficient (Wildman–Crippen LogP) is 3.82. The van der Waals surface area contributed by atoms with Gasteiger partial charge in [0.25, 0.3) is 5.91 Å². The number of furan rings is 1. The molecule has 1 aliphatic carbocycles. The Morgan fingerprint density at radius 2 is 1.94 bits per heavy atom. The smallest absolute Gasteiger partial charge is 0.257 e. The zero-order valence-electron chi connectivity index (χ0n) is 18.6. The molecule has 0 radical (unpaired) electrons. The third kappa shape index (κ3) is 4.56. The zero-order chi connectivity index (χ0) is 22.7. The first-order valence-electron chi connectivity index (χ1n) is 10.8. The second kappa shape index (κ2) is 9.34. The number of carbonyl (C=O) groups is 1. The number of nitrogens with zero attached hydrogens (tertiary/aromatic N) is 1. The van der Waals surface area contributed by atoms with E-state index < -0.39 is 0 Å². The van der Waals surface area contributed by atoms with Crippen LogP contribution in [0.4, 0.5) is 0 Å². The summed E-state index contributed by atoms with van der Waals surface area (Å²) >= 11 is 0. The third-order valence-corrected chi connectivity index (χ3v) is 5.83. The van der Waals surface area contributed by atoms with Gasteiger partial charge in [-0.05, 0) is 56.0 Å². The van der Waals surface area contributed by atoms with E-state index in [1.54, 1.807) is 38.7 Å². The highest BCUT2D eigenvalue weighted by Crippen LogP contribution is 2.41. The molecule has 1 saturated carbocycles. The average molecular weight is 437 g/mol. The van der Waals surface area contributed by atoms with Gasteiger partial charge in [-0.1, -0.05) is 6.07 Å². The van der Waals surface area contributed by atoms with Gasteiger partial charge < -0.3 is 23.8 Å². The Morgan fingerprint density at radius 3 is 2.59 bits per heavy atom. The lowest BCUT2D eigenvalue weighted by Crippen LogP contribution is -2.32. The summed E-state index contributed by atoms with van der Waals surface area (Å²) in [6, 6.07) is 11.0. The van der Waals surface area contributed by atoms with Gasteiger partial charge in [-0.25, -0.2) is 0 Å². The fraction of sp³-hybridized carbons (Fsp3) is 0.360. The number of aromatic nitrogens is 1. The number of aryl methyl sites for hydroxylation is 2. The maximum absolute atomic E-state index is 13.0. The monoisotopic (exact) mass is 436 g/mol. The van der Waals surface area contributed by atoms with Crippen molar-refractivity contribution in [2.45, 2.75) is 45.2 Å². The Bertz CT molecular complexity index is 1160. The van der Waals surface area contributed by atoms with Crippen molar-refractivity contribution in [1.29, 1.82) is 0 Å². The number of nitrogens with one attached hydrogen (secondary N) is 1. The highest BCUT2D eigenvalue weighted by Gasteiger charge is 2.33. The molecule has 2 heterocycles. The van der Waals surface area contributed by atoms with Gasteiger partial charge in [0.1, 0.15) is 11.3 Å². The van der Waals surface area contributed by atoms with E-state index in [1.807, 2.05) is 25.1 Å². The Morgan fingerprint density at radius 1 is 1.16 bits per heavy atom. The molecule has 0 bridgehead atoms. The van der Waals surface area contributed by atoms with Crippen LogP contribution in [0.25, 0.3) is 0 Å². The fourth-order valence-electron chi connectivity index (χ4n) is 4.04. The van der Waals surface area contributed by atoms with E-state index >= 15 is 0 Å². The van der Waals surface area contributed by atoms with E-state index in [9.17, 15) is 9.59 Å². The van der Waals surface area contributed by atoms with Crippen molar-refractivity contribution < 1.29 is 18.7 Å². The third-order valence-electron chi connectivity index (χ3n) is 5.83. The lowest BCUT2D eigenvalue weighted by Gasteiger charge is -2.20. The lowest BCUT2D eigenvalue weighted by molar-refractivity contribution is 0.0944. The van der Waals surface area contributed by atoms with Crippen molar-refractivity contribution >= 4 is 5.91 Å². The van der Waals surface area contributed by atoms with Crippen LogP contribution in [0.15, 0.2) is 51.9 Å². The van der Waals surface area contributed by atoms with Crippen LogP contribution in [-0.2, 0) is 19.5 Å². The molecular weight excluding hydrogens is 408 g/mol. The summed E-state index contributed by atoms with van der Waals surface area (Å²) in [6.07, 6.45) is 4.26. The number of methoxy groups -OCH3 is 2. The van der Waals surface area contributed by atoms with Gasteiger partial charge in [-0.15, -0.1) is 0 Å². The molecule has 7 nitrogen and oxygen atoms in total. The number of hydrogen-bond donors (Lipinski definition) is 1. The summed E-state index contributed by atoms with van der Waals surface area (Å²) in [7, 11) is 3.23. The van der Waals surface area contributed by atoms with Crippen LogP contribution < -0.4 is 20.2 Å². The van der Waals surface area contributed by atoms with Crippen LogP contribution in [0.3, 0.4) is 0 Å². The fourth-order valence-corrected chi connectivity index (χ4v) is 4.04. The second-order valence-electron chi connectivity index (χ2n) is 8.04. The summed E-state index contributed by atoms with van der Waals surface area (Å²) in [6.45, 7) is 2.83. The first kappa shape index (κ1) is 21.7. The number of amides is 1. The van der Waals surface area contributed by atoms with Gasteiger partial charge in [0.15, 0.2) is 16.9 Å². The van der Waals surface area contributed by atoms with E-state index in [-0.39, 0.29) is 29.4 Å². The van der Waals surface area contributed by atoms with Crippen LogP contribution >= 0.6 is 0 Å². The number of rotatable bonds is 9. The summed E-state index contributed by atoms with van der Waals surface area (Å²) < 4.78 is 18.1. The number of benzene rings is 1. The molecule has 7 heteroatoms. The van der Waals surface area contributed by atoms with E-state index in [0.717, 1.165) is 36.2 Å². The number of carbonyl (C=O) groups excluding carboxylic acids is 1. The molecule has 1 aromatic carbocycles. The number of ether oxygens (including phenoxy) is 2. The van der Waals surface area contributed by atoms with Gasteiger partial charge in [-0.3, -0.25) is 9.59 Å². The van der Waals surface area contributed by atoms with Crippen molar-refractivity contribution in [3.05, 3.63) is 81.2 Å². The Hall–Kier alpha value is -3.48. The van der Waals surface area contributed by atoms with E-state index in [2.05, 4.69) is 9.88 Å². The highest BCUT2D eigenvalue weighted by molar-refractivity contribution is 5.95. The topological polar surface area (TPSA) is 82.7 Å². The quantitative estimate of drug-likeness (QED) is 0.551. The second-order valence-corrected chi connectivity index (χ2v) is 8.04. The molecule has 2 aromatic heterocycles. The molecule has 0 spiro atoms. The standard InChI is InChI=1S/C25H28N2O5/c1-16-13-20(28)23(25(29)26-15-19-5-4-12-32-19)24(18-7-8-18)27(16)11-10-17-6-9-21(30-2)22(14-17)31-3/h4-6,9,12-14,18H,7-8,10-11,15H2,1-3H3,(H,26,29). The first-order chi connectivity index (χ1) is 15.5. The minimum Gasteiger partial charge on any atom is -0.493 e. The van der Waals surface area contributed by atoms with Crippen LogP contribution in [0.1, 0.15) is 51.8 Å². The molecule has 1 amide bonds. The molecule has 0 saturated heterocycles. The van der Waals surface area contributed by atoms with Crippen molar-refractivity contribution in [1.82, 2.24) is 9.88 Å². The largest absolute Gasteiger partial charge is 0.493 e. The maximum Gasteiger partial charge on any atom is 0.257 e. The summed E-state index contributed by atoms with van der Waals surface area (Å²) in [4.78, 5) is 25.9. The van der Waals surface area contributed by atoms with Crippen molar-refractivity contribution in [2.24, 2.45) is 0 Å². The minimum atomic E-state index is -0.354. The SMILES string of the molecule is COc1ccc(CCn2c(C)cc(=O)c(C(=O)NCc3ccco3)c2C2CC2)cc1OC. The van der Waals surface area contributed by atoms with Gasteiger partial charge in [0, 0.05) is 29.9 Å². The normalized spacial score (nSPS) is 13.1. The molecule has 0 unspecified atom stereocenters. The van der Waals surface area contributed by atoms with E-state index in [0.29, 0.717) is 23.8 Å². The van der Waals surface area contributed by atoms with Crippen LogP contribution in [0.5, 0.6) is 11.5 Å². The van der Waals surface area contributed by atoms with E-state index in [1.165, 1.54) is 0 Å². The van der Waals surface area contributed by atoms with Crippen molar-refractivity contribution in [3.8, 4) is 11.5 Å². The summed E-state index contributed by atoms with van der Waals surface area (Å²) in [5.41, 5.74) is 2.80. The van der Waals surface area contributed by atoms with Crippen LogP contribution in [0.2, 0.25) is 0 Å². The van der Waals surface area contributed by atoms with Crippen LogP contribution in [0, 0.1) is 6.92 Å². The maximum atomic E-state index is 13.0. The summed E-state index contributed by atoms with van der Waals surface area (Å²) in [5, 5.41) is 2.84. The molecule has 32 heavy (non-hydrogen) atoms. The van der Waals surface area contributed by atoms with Crippen LogP contribution in [-0.4, -0.2) is 24.7 Å². The molecule has 168 valence electrons. The lowest BCUT2D eigenvalue weighted by atomic mass is 10.0. The average Bonchev–Trinajstić information content (AvgIpc) is 3.50. The van der Waals surface area contributed by atoms with E-state index in [4.69, 9.17) is 13.9 Å². The number of hydrogen-bond acceptors (Lipinski definition) is 5. The minimum absolute atomic E-state index is 0.233. The first-order valence-corrected chi connectivity index (χ1v) is 10.8. The van der Waals surface area contributed by atoms with Crippen molar-refractivity contribution in [2.75, 3.05) is 14.2 Å². The molecule has 1 N–H and O–H groups in total. The zero-order valence-corrected chi connectivity index (χ0v) is 18.6. The van der Waals surface area contributed by atoms with Gasteiger partial charge >= 0.3 is 0 Å². The Kier molecular flexibility index (Phi) is 6.35. The summed E-state index contributed by atoms with van der Waals surface area (Å²) in [5.74, 6) is 1.89. The molecule has 1 fully saturated rings. The molecule has 0 atom stereocenters. The molecule has 4 rings (SSSR count). The highest BCUT2D eigenvalue weighted by atomic mass is 16.5. The predicted molar refractivity (Wildman–Crippen MR) is 121 cm³/mol. The Labute approximate surface area is 187 Å². The molecule has 1 aliphatic rings. The molecular formula is C25H28N2O5. The van der Waals surface area contributed by atoms with Crippen molar-refractivity contribution in [3.63, 3.8) is 0 Å². The van der Waals surface area contributed by atoms with Gasteiger partial charge in [0.05, 0.1) is 27.0 Å². The molecule has 0 aliphatic heterocycles.